The van der Waals surface area contributed by atoms with Gasteiger partial charge in [0.15, 0.2) is 5.96 Å². The van der Waals surface area contributed by atoms with E-state index in [4.69, 9.17) is 0 Å². The fraction of sp³-hybridized carbons (Fsp3) is 0.615. The second-order valence-corrected chi connectivity index (χ2v) is 6.78. The van der Waals surface area contributed by atoms with E-state index in [2.05, 4.69) is 75.2 Å². The number of aliphatic imine (C=N–C) groups is 1. The van der Waals surface area contributed by atoms with Gasteiger partial charge in [0.1, 0.15) is 0 Å². The summed E-state index contributed by atoms with van der Waals surface area (Å²) in [5.41, 5.74) is 1.25. The number of rotatable bonds is 5. The van der Waals surface area contributed by atoms with Crippen molar-refractivity contribution < 1.29 is 0 Å². The third-order valence-electron chi connectivity index (χ3n) is 3.00. The molecule has 1 N–H and O–H groups in total. The molecule has 0 saturated carbocycles. The first-order valence-corrected chi connectivity index (χ1v) is 8.31. The molecule has 0 spiro atoms. The van der Waals surface area contributed by atoms with E-state index in [1.54, 1.807) is 0 Å². The molecule has 0 aliphatic heterocycles. The maximum Gasteiger partial charge on any atom is 0.193 e. The zero-order valence-corrected chi connectivity index (χ0v) is 17.4. The molecule has 7 heteroatoms. The van der Waals surface area contributed by atoms with Crippen LogP contribution < -0.4 is 5.32 Å². The molecule has 1 unspecified atom stereocenters. The van der Waals surface area contributed by atoms with E-state index in [0.717, 1.165) is 23.5 Å². The van der Waals surface area contributed by atoms with Crippen molar-refractivity contribution in [2.75, 3.05) is 26.9 Å². The summed E-state index contributed by atoms with van der Waals surface area (Å²) >= 11 is 5.35. The minimum atomic E-state index is 0. The zero-order valence-electron chi connectivity index (χ0n) is 12.7. The number of aryl methyl sites for hydroxylation is 1. The van der Waals surface area contributed by atoms with Crippen LogP contribution in [0.3, 0.4) is 0 Å². The summed E-state index contributed by atoms with van der Waals surface area (Å²) in [5, 5.41) is 3.98. The van der Waals surface area contributed by atoms with Gasteiger partial charge in [-0.3, -0.25) is 4.99 Å². The van der Waals surface area contributed by atoms with E-state index < -0.39 is 0 Å². The number of hydrogen-bond donors (Lipinski definition) is 1. The average Bonchev–Trinajstić information content (AvgIpc) is 2.68. The second-order valence-electron chi connectivity index (χ2n) is 4.59. The lowest BCUT2D eigenvalue weighted by molar-refractivity contribution is 0.462. The molecule has 0 fully saturated rings. The van der Waals surface area contributed by atoms with Crippen molar-refractivity contribution in [2.24, 2.45) is 12.0 Å². The molecule has 1 aromatic rings. The Morgan fingerprint density at radius 3 is 2.70 bits per heavy atom. The lowest BCUT2D eigenvalue weighted by atomic mass is 10.4. The smallest absolute Gasteiger partial charge is 0.193 e. The van der Waals surface area contributed by atoms with Crippen LogP contribution in [0.4, 0.5) is 0 Å². The predicted molar refractivity (Wildman–Crippen MR) is 104 cm³/mol. The van der Waals surface area contributed by atoms with E-state index in [-0.39, 0.29) is 24.0 Å². The van der Waals surface area contributed by atoms with Crippen molar-refractivity contribution in [1.82, 2.24) is 14.8 Å². The molecule has 1 aromatic heterocycles. The third-order valence-corrected chi connectivity index (χ3v) is 4.40. The number of thioether (sulfide) groups is 1. The van der Waals surface area contributed by atoms with Gasteiger partial charge in [-0.25, -0.2) is 0 Å². The molecule has 116 valence electrons. The van der Waals surface area contributed by atoms with Crippen molar-refractivity contribution in [1.29, 1.82) is 0 Å². The van der Waals surface area contributed by atoms with Crippen molar-refractivity contribution in [2.45, 2.75) is 18.7 Å². The van der Waals surface area contributed by atoms with Crippen LogP contribution in [0, 0.1) is 0 Å². The normalized spacial score (nSPS) is 12.8. The molecule has 0 radical (unpaired) electrons. The van der Waals surface area contributed by atoms with Crippen LogP contribution in [-0.2, 0) is 13.6 Å². The Labute approximate surface area is 151 Å². The molecule has 0 amide bonds. The first-order chi connectivity index (χ1) is 8.97. The van der Waals surface area contributed by atoms with Gasteiger partial charge < -0.3 is 14.8 Å². The van der Waals surface area contributed by atoms with Gasteiger partial charge in [-0.1, -0.05) is 6.92 Å². The van der Waals surface area contributed by atoms with Gasteiger partial charge in [0.25, 0.3) is 0 Å². The Balaban J connectivity index is 0.00000361. The molecule has 1 rings (SSSR count). The molecule has 0 saturated heterocycles. The number of nitrogens with zero attached hydrogens (tertiary/aromatic N) is 3. The summed E-state index contributed by atoms with van der Waals surface area (Å²) in [7, 11) is 5.93. The minimum Gasteiger partial charge on any atom is -0.355 e. The molecule has 1 atom stereocenters. The lowest BCUT2D eigenvalue weighted by Gasteiger charge is -2.23. The Morgan fingerprint density at radius 1 is 1.60 bits per heavy atom. The fourth-order valence-corrected chi connectivity index (χ4v) is 2.57. The van der Waals surface area contributed by atoms with Crippen molar-refractivity contribution in [3.63, 3.8) is 0 Å². The third kappa shape index (κ3) is 6.26. The van der Waals surface area contributed by atoms with Gasteiger partial charge in [0, 0.05) is 49.3 Å². The van der Waals surface area contributed by atoms with Gasteiger partial charge >= 0.3 is 0 Å². The molecule has 0 aliphatic rings. The molecule has 0 aliphatic carbocycles. The fourth-order valence-electron chi connectivity index (χ4n) is 1.74. The van der Waals surface area contributed by atoms with E-state index in [1.165, 1.54) is 5.69 Å². The monoisotopic (exact) mass is 474 g/mol. The van der Waals surface area contributed by atoms with Crippen LogP contribution >= 0.6 is 51.7 Å². The van der Waals surface area contributed by atoms with Gasteiger partial charge in [-0.2, -0.15) is 11.8 Å². The topological polar surface area (TPSA) is 32.6 Å². The zero-order chi connectivity index (χ0) is 14.4. The summed E-state index contributed by atoms with van der Waals surface area (Å²) in [6.45, 7) is 3.96. The Kier molecular flexibility index (Phi) is 10.00. The van der Waals surface area contributed by atoms with Crippen LogP contribution in [0.15, 0.2) is 21.7 Å². The highest BCUT2D eigenvalue weighted by Crippen LogP contribution is 2.15. The van der Waals surface area contributed by atoms with Gasteiger partial charge in [0.2, 0.25) is 0 Å². The molecular formula is C13H24BrIN4S. The standard InChI is InChI=1S/C13H23BrN4S.HI/c1-10(19-5)7-16-13(15-2)18(4)9-12-6-11(14)8-17(12)3;/h6,8,10H,7,9H2,1-5H3,(H,15,16);1H. The van der Waals surface area contributed by atoms with Crippen LogP contribution in [0.2, 0.25) is 0 Å². The first kappa shape index (κ1) is 20.1. The Bertz CT molecular complexity index is 436. The molecule has 0 bridgehead atoms. The summed E-state index contributed by atoms with van der Waals surface area (Å²) in [6, 6.07) is 2.13. The molecular weight excluding hydrogens is 451 g/mol. The van der Waals surface area contributed by atoms with Crippen molar-refractivity contribution in [3.05, 3.63) is 22.4 Å². The molecule has 0 aromatic carbocycles. The quantitative estimate of drug-likeness (QED) is 0.404. The van der Waals surface area contributed by atoms with E-state index in [0.29, 0.717) is 5.25 Å². The summed E-state index contributed by atoms with van der Waals surface area (Å²) < 4.78 is 3.23. The SMILES string of the molecule is CN=C(NCC(C)SC)N(C)Cc1cc(Br)cn1C.I. The van der Waals surface area contributed by atoms with E-state index in [1.807, 2.05) is 18.8 Å². The highest BCUT2D eigenvalue weighted by Gasteiger charge is 2.10. The van der Waals surface area contributed by atoms with Crippen LogP contribution in [0.1, 0.15) is 12.6 Å². The highest BCUT2D eigenvalue weighted by molar-refractivity contribution is 14.0. The Morgan fingerprint density at radius 2 is 2.25 bits per heavy atom. The average molecular weight is 475 g/mol. The van der Waals surface area contributed by atoms with Crippen LogP contribution in [0.25, 0.3) is 0 Å². The van der Waals surface area contributed by atoms with Crippen molar-refractivity contribution in [3.8, 4) is 0 Å². The minimum absolute atomic E-state index is 0. The van der Waals surface area contributed by atoms with Crippen LogP contribution in [-0.4, -0.2) is 47.6 Å². The highest BCUT2D eigenvalue weighted by atomic mass is 127. The molecule has 1 heterocycles. The largest absolute Gasteiger partial charge is 0.355 e. The molecule has 20 heavy (non-hydrogen) atoms. The Hall–Kier alpha value is 0.110. The van der Waals surface area contributed by atoms with E-state index >= 15 is 0 Å². The van der Waals surface area contributed by atoms with E-state index in [9.17, 15) is 0 Å². The number of guanidine groups is 1. The summed E-state index contributed by atoms with van der Waals surface area (Å²) in [4.78, 5) is 6.46. The maximum absolute atomic E-state index is 4.33. The lowest BCUT2D eigenvalue weighted by Crippen LogP contribution is -2.41. The number of aromatic nitrogens is 1. The summed E-state index contributed by atoms with van der Waals surface area (Å²) in [5.74, 6) is 0.929. The van der Waals surface area contributed by atoms with Gasteiger partial charge in [-0.15, -0.1) is 24.0 Å². The molecule has 4 nitrogen and oxygen atoms in total. The predicted octanol–water partition coefficient (Wildman–Crippen LogP) is 3.16. The van der Waals surface area contributed by atoms with Crippen LogP contribution in [0.5, 0.6) is 0 Å². The number of hydrogen-bond acceptors (Lipinski definition) is 2. The van der Waals surface area contributed by atoms with Gasteiger partial charge in [-0.05, 0) is 28.3 Å². The van der Waals surface area contributed by atoms with Gasteiger partial charge in [0.05, 0.1) is 6.54 Å². The first-order valence-electron chi connectivity index (χ1n) is 6.23. The van der Waals surface area contributed by atoms with Crippen molar-refractivity contribution >= 4 is 57.6 Å². The summed E-state index contributed by atoms with van der Waals surface area (Å²) in [6.07, 6.45) is 4.19. The second kappa shape index (κ2) is 9.94. The number of nitrogens with one attached hydrogen (secondary N) is 1. The number of halogens is 2. The maximum atomic E-state index is 4.33.